The number of hydrogen-bond donors (Lipinski definition) is 0. The first-order chi connectivity index (χ1) is 8.20. The number of hydrogen-bond acceptors (Lipinski definition) is 3. The van der Waals surface area contributed by atoms with Crippen molar-refractivity contribution in [3.05, 3.63) is 35.1 Å². The average Bonchev–Trinajstić information content (AvgIpc) is 2.85. The summed E-state index contributed by atoms with van der Waals surface area (Å²) in [7, 11) is 2.02. The zero-order valence-corrected chi connectivity index (χ0v) is 9.82. The molecule has 3 nitrogen and oxygen atoms in total. The second kappa shape index (κ2) is 5.26. The van der Waals surface area contributed by atoms with Gasteiger partial charge in [0.15, 0.2) is 0 Å². The van der Waals surface area contributed by atoms with E-state index < -0.39 is 5.82 Å². The quantitative estimate of drug-likeness (QED) is 0.801. The summed E-state index contributed by atoms with van der Waals surface area (Å²) in [5, 5.41) is 8.76. The molecule has 1 aromatic carbocycles. The van der Waals surface area contributed by atoms with E-state index in [0.29, 0.717) is 12.6 Å². The summed E-state index contributed by atoms with van der Waals surface area (Å²) in [4.78, 5) is 2.18. The second-order valence-corrected chi connectivity index (χ2v) is 4.36. The highest BCUT2D eigenvalue weighted by molar-refractivity contribution is 5.34. The van der Waals surface area contributed by atoms with Crippen LogP contribution in [0.2, 0.25) is 0 Å². The lowest BCUT2D eigenvalue weighted by molar-refractivity contribution is 0.156. The minimum atomic E-state index is -0.455. The van der Waals surface area contributed by atoms with E-state index in [-0.39, 0.29) is 5.56 Å². The first-order valence-corrected chi connectivity index (χ1v) is 5.67. The molecular formula is C13H15FN2O. The molecular weight excluding hydrogens is 219 g/mol. The third-order valence-electron chi connectivity index (χ3n) is 3.11. The molecule has 0 aliphatic carbocycles. The maximum absolute atomic E-state index is 13.2. The zero-order valence-electron chi connectivity index (χ0n) is 9.82. The minimum Gasteiger partial charge on any atom is -0.380 e. The fraction of sp³-hybridized carbons (Fsp3) is 0.462. The van der Waals surface area contributed by atoms with Crippen molar-refractivity contribution >= 4 is 0 Å². The molecule has 1 heterocycles. The summed E-state index contributed by atoms with van der Waals surface area (Å²) in [6.07, 6.45) is 1.03. The van der Waals surface area contributed by atoms with Gasteiger partial charge in [-0.3, -0.25) is 4.90 Å². The lowest BCUT2D eigenvalue weighted by atomic mass is 10.1. The Hall–Kier alpha value is -1.44. The van der Waals surface area contributed by atoms with Gasteiger partial charge in [-0.05, 0) is 31.2 Å². The third-order valence-corrected chi connectivity index (χ3v) is 3.11. The van der Waals surface area contributed by atoms with Crippen LogP contribution >= 0.6 is 0 Å². The Morgan fingerprint density at radius 3 is 3.06 bits per heavy atom. The normalized spacial score (nSPS) is 19.5. The fourth-order valence-electron chi connectivity index (χ4n) is 2.04. The predicted molar refractivity (Wildman–Crippen MR) is 61.8 cm³/mol. The van der Waals surface area contributed by atoms with E-state index in [2.05, 4.69) is 4.90 Å². The summed E-state index contributed by atoms with van der Waals surface area (Å²) in [5.41, 5.74) is 1.07. The number of ether oxygens (including phenoxy) is 1. The summed E-state index contributed by atoms with van der Waals surface area (Å²) < 4.78 is 18.5. The number of rotatable bonds is 3. The maximum Gasteiger partial charge on any atom is 0.140 e. The molecule has 1 aliphatic rings. The van der Waals surface area contributed by atoms with Crippen LogP contribution in [0.4, 0.5) is 4.39 Å². The smallest absolute Gasteiger partial charge is 0.140 e. The van der Waals surface area contributed by atoms with Gasteiger partial charge in [0.2, 0.25) is 0 Å². The summed E-state index contributed by atoms with van der Waals surface area (Å²) in [6.45, 7) is 2.27. The highest BCUT2D eigenvalue weighted by Crippen LogP contribution is 2.16. The van der Waals surface area contributed by atoms with Gasteiger partial charge in [-0.1, -0.05) is 6.07 Å². The molecule has 0 bridgehead atoms. The molecule has 1 fully saturated rings. The fourth-order valence-corrected chi connectivity index (χ4v) is 2.04. The van der Waals surface area contributed by atoms with Crippen molar-refractivity contribution in [1.82, 2.24) is 4.90 Å². The largest absolute Gasteiger partial charge is 0.380 e. The van der Waals surface area contributed by atoms with E-state index in [0.717, 1.165) is 25.2 Å². The number of benzene rings is 1. The van der Waals surface area contributed by atoms with Gasteiger partial charge in [-0.2, -0.15) is 5.26 Å². The van der Waals surface area contributed by atoms with Crippen molar-refractivity contribution in [3.63, 3.8) is 0 Å². The molecule has 1 saturated heterocycles. The number of halogens is 1. The van der Waals surface area contributed by atoms with Gasteiger partial charge < -0.3 is 4.74 Å². The summed E-state index contributed by atoms with van der Waals surface area (Å²) in [5.74, 6) is -0.455. The highest BCUT2D eigenvalue weighted by atomic mass is 19.1. The van der Waals surface area contributed by atoms with Crippen LogP contribution in [0, 0.1) is 17.1 Å². The van der Waals surface area contributed by atoms with Gasteiger partial charge >= 0.3 is 0 Å². The first kappa shape index (κ1) is 12.0. The molecule has 1 aromatic rings. The molecule has 90 valence electrons. The highest BCUT2D eigenvalue weighted by Gasteiger charge is 2.20. The molecule has 0 N–H and O–H groups in total. The monoisotopic (exact) mass is 234 g/mol. The molecule has 4 heteroatoms. The van der Waals surface area contributed by atoms with E-state index >= 15 is 0 Å². The first-order valence-electron chi connectivity index (χ1n) is 5.67. The van der Waals surface area contributed by atoms with Crippen molar-refractivity contribution in [2.24, 2.45) is 0 Å². The Morgan fingerprint density at radius 2 is 2.41 bits per heavy atom. The van der Waals surface area contributed by atoms with Crippen LogP contribution in [0.15, 0.2) is 18.2 Å². The van der Waals surface area contributed by atoms with E-state index in [1.807, 2.05) is 13.1 Å². The SMILES string of the molecule is CN(Cc1ccc(F)c(C#N)c1)C1CCOC1. The Bertz CT molecular complexity index is 436. The van der Waals surface area contributed by atoms with Crippen molar-refractivity contribution in [1.29, 1.82) is 5.26 Å². The Morgan fingerprint density at radius 1 is 1.59 bits per heavy atom. The molecule has 2 rings (SSSR count). The van der Waals surface area contributed by atoms with Crippen molar-refractivity contribution in [2.75, 3.05) is 20.3 Å². The Labute approximate surface area is 100 Å². The van der Waals surface area contributed by atoms with Gasteiger partial charge in [0, 0.05) is 19.2 Å². The van der Waals surface area contributed by atoms with Crippen LogP contribution in [0.1, 0.15) is 17.5 Å². The lowest BCUT2D eigenvalue weighted by Gasteiger charge is -2.22. The van der Waals surface area contributed by atoms with E-state index in [4.69, 9.17) is 10.00 Å². The minimum absolute atomic E-state index is 0.110. The van der Waals surface area contributed by atoms with Gasteiger partial charge in [-0.25, -0.2) is 4.39 Å². The molecule has 1 atom stereocenters. The van der Waals surface area contributed by atoms with Crippen LogP contribution in [0.5, 0.6) is 0 Å². The van der Waals surface area contributed by atoms with E-state index in [1.165, 1.54) is 6.07 Å². The average molecular weight is 234 g/mol. The number of nitrogens with zero attached hydrogens (tertiary/aromatic N) is 2. The standard InChI is InChI=1S/C13H15FN2O/c1-16(12-4-5-17-9-12)8-10-2-3-13(14)11(6-10)7-15/h2-3,6,12H,4-5,8-9H2,1H3. The van der Waals surface area contributed by atoms with Gasteiger partial charge in [-0.15, -0.1) is 0 Å². The van der Waals surface area contributed by atoms with Gasteiger partial charge in [0.05, 0.1) is 12.2 Å². The Kier molecular flexibility index (Phi) is 3.72. The maximum atomic E-state index is 13.2. The molecule has 0 spiro atoms. The van der Waals surface area contributed by atoms with Crippen LogP contribution < -0.4 is 0 Å². The van der Waals surface area contributed by atoms with Gasteiger partial charge in [0.25, 0.3) is 0 Å². The van der Waals surface area contributed by atoms with Crippen molar-refractivity contribution in [2.45, 2.75) is 19.0 Å². The number of nitriles is 1. The van der Waals surface area contributed by atoms with Crippen LogP contribution in [0.3, 0.4) is 0 Å². The Balaban J connectivity index is 2.05. The zero-order chi connectivity index (χ0) is 12.3. The van der Waals surface area contributed by atoms with Crippen molar-refractivity contribution < 1.29 is 9.13 Å². The van der Waals surface area contributed by atoms with Crippen molar-refractivity contribution in [3.8, 4) is 6.07 Å². The second-order valence-electron chi connectivity index (χ2n) is 4.36. The number of likely N-dealkylation sites (N-methyl/N-ethyl adjacent to an activating group) is 1. The molecule has 1 unspecified atom stereocenters. The topological polar surface area (TPSA) is 36.3 Å². The lowest BCUT2D eigenvalue weighted by Crippen LogP contribution is -2.31. The molecule has 17 heavy (non-hydrogen) atoms. The summed E-state index contributed by atoms with van der Waals surface area (Å²) >= 11 is 0. The molecule has 0 aromatic heterocycles. The van der Waals surface area contributed by atoms with Crippen LogP contribution in [-0.4, -0.2) is 31.2 Å². The third kappa shape index (κ3) is 2.82. The van der Waals surface area contributed by atoms with E-state index in [9.17, 15) is 4.39 Å². The van der Waals surface area contributed by atoms with Crippen LogP contribution in [0.25, 0.3) is 0 Å². The molecule has 0 saturated carbocycles. The molecule has 0 amide bonds. The molecule has 1 aliphatic heterocycles. The predicted octanol–water partition coefficient (Wildman–Crippen LogP) is 1.92. The molecule has 0 radical (unpaired) electrons. The van der Waals surface area contributed by atoms with Crippen LogP contribution in [-0.2, 0) is 11.3 Å². The van der Waals surface area contributed by atoms with E-state index in [1.54, 1.807) is 12.1 Å². The summed E-state index contributed by atoms with van der Waals surface area (Å²) in [6, 6.07) is 6.97. The van der Waals surface area contributed by atoms with Gasteiger partial charge in [0.1, 0.15) is 11.9 Å².